The van der Waals surface area contributed by atoms with E-state index >= 15 is 0 Å². The van der Waals surface area contributed by atoms with Crippen LogP contribution in [0.25, 0.3) is 10.2 Å². The number of nitrogens with one attached hydrogen (secondary N) is 1. The minimum Gasteiger partial charge on any atom is -0.497 e. The molecular formula is C26H25N3O4S. The average molecular weight is 476 g/mol. The maximum absolute atomic E-state index is 13.8. The van der Waals surface area contributed by atoms with Gasteiger partial charge in [-0.3, -0.25) is 14.5 Å². The lowest BCUT2D eigenvalue weighted by molar-refractivity contribution is -0.126. The molecule has 0 radical (unpaired) electrons. The number of hydrogen-bond donors (Lipinski definition) is 1. The summed E-state index contributed by atoms with van der Waals surface area (Å²) in [4.78, 5) is 30.2. The second-order valence-corrected chi connectivity index (χ2v) is 9.30. The maximum Gasteiger partial charge on any atom is 0.275 e. The normalized spacial score (nSPS) is 17.5. The van der Waals surface area contributed by atoms with Crippen LogP contribution >= 0.6 is 11.3 Å². The van der Waals surface area contributed by atoms with Crippen molar-refractivity contribution in [1.82, 2.24) is 9.88 Å². The lowest BCUT2D eigenvalue weighted by atomic mass is 9.93. The Balaban J connectivity index is 1.56. The van der Waals surface area contributed by atoms with Crippen molar-refractivity contribution in [2.24, 2.45) is 0 Å². The number of nitrogens with zero attached hydrogens (tertiary/aromatic N) is 2. The van der Waals surface area contributed by atoms with Crippen LogP contribution in [0, 0.1) is 0 Å². The number of carbonyl (C=O) groups is 2. The van der Waals surface area contributed by atoms with Gasteiger partial charge < -0.3 is 19.4 Å². The Bertz CT molecular complexity index is 1390. The molecule has 2 aromatic carbocycles. The number of ether oxygens (including phenoxy) is 2. The monoisotopic (exact) mass is 475 g/mol. The Morgan fingerprint density at radius 2 is 1.91 bits per heavy atom. The van der Waals surface area contributed by atoms with Gasteiger partial charge in [-0.2, -0.15) is 0 Å². The van der Waals surface area contributed by atoms with Crippen LogP contribution in [0.5, 0.6) is 11.5 Å². The standard InChI is InChI=1S/C26H25N3O4S/c1-26(25(31)27-15-18-7-4-5-10-22(18)33-3)16-28-21(13-17-11-12-34-24(17)28)23(30)29(26)19-8-6-9-20(14-19)32-2/h4-14H,15-16H2,1-3H3,(H,27,31)/t26-/m1/s1. The van der Waals surface area contributed by atoms with Crippen LogP contribution < -0.4 is 19.7 Å². The molecule has 7 nitrogen and oxygen atoms in total. The van der Waals surface area contributed by atoms with Crippen molar-refractivity contribution >= 4 is 39.1 Å². The van der Waals surface area contributed by atoms with E-state index in [4.69, 9.17) is 9.47 Å². The van der Waals surface area contributed by atoms with Crippen molar-refractivity contribution < 1.29 is 19.1 Å². The first-order chi connectivity index (χ1) is 16.5. The van der Waals surface area contributed by atoms with Gasteiger partial charge in [-0.1, -0.05) is 24.3 Å². The predicted molar refractivity (Wildman–Crippen MR) is 133 cm³/mol. The molecule has 0 bridgehead atoms. The van der Waals surface area contributed by atoms with Crippen molar-refractivity contribution in [3.05, 3.63) is 77.3 Å². The molecule has 0 aliphatic carbocycles. The van der Waals surface area contributed by atoms with Gasteiger partial charge in [0.25, 0.3) is 5.91 Å². The second kappa shape index (κ2) is 8.53. The molecule has 0 saturated carbocycles. The third-order valence-electron chi connectivity index (χ3n) is 6.32. The summed E-state index contributed by atoms with van der Waals surface area (Å²) in [6.07, 6.45) is 0. The molecule has 1 aliphatic heterocycles. The van der Waals surface area contributed by atoms with Crippen LogP contribution in [0.3, 0.4) is 0 Å². The number of aromatic nitrogens is 1. The highest BCUT2D eigenvalue weighted by atomic mass is 32.1. The number of carbonyl (C=O) groups excluding carboxylic acids is 2. The molecule has 2 aromatic heterocycles. The Kier molecular flexibility index (Phi) is 5.53. The summed E-state index contributed by atoms with van der Waals surface area (Å²) in [6, 6.07) is 18.7. The fourth-order valence-electron chi connectivity index (χ4n) is 4.57. The molecule has 0 fully saturated rings. The Morgan fingerprint density at radius 3 is 2.71 bits per heavy atom. The van der Waals surface area contributed by atoms with Gasteiger partial charge in [-0.15, -0.1) is 11.3 Å². The number of amides is 2. The first-order valence-electron chi connectivity index (χ1n) is 10.9. The number of hydrogen-bond acceptors (Lipinski definition) is 5. The second-order valence-electron chi connectivity index (χ2n) is 8.41. The van der Waals surface area contributed by atoms with E-state index in [1.54, 1.807) is 36.5 Å². The minimum absolute atomic E-state index is 0.224. The van der Waals surface area contributed by atoms with Gasteiger partial charge in [-0.05, 0) is 42.6 Å². The lowest BCUT2D eigenvalue weighted by Crippen LogP contribution is -2.64. The molecule has 3 heterocycles. The van der Waals surface area contributed by atoms with Crippen molar-refractivity contribution in [2.75, 3.05) is 19.1 Å². The fourth-order valence-corrected chi connectivity index (χ4v) is 5.46. The summed E-state index contributed by atoms with van der Waals surface area (Å²) in [7, 11) is 3.18. The van der Waals surface area contributed by atoms with E-state index in [0.29, 0.717) is 29.4 Å². The smallest absolute Gasteiger partial charge is 0.275 e. The van der Waals surface area contributed by atoms with Crippen LogP contribution in [0.2, 0.25) is 0 Å². The summed E-state index contributed by atoms with van der Waals surface area (Å²) in [5.74, 6) is 0.839. The number of benzene rings is 2. The SMILES string of the molecule is COc1cccc(N2C(=O)c3cc4ccsc4n3C[C@]2(C)C(=O)NCc2ccccc2OC)c1. The molecule has 34 heavy (non-hydrogen) atoms. The Morgan fingerprint density at radius 1 is 1.09 bits per heavy atom. The van der Waals surface area contributed by atoms with Gasteiger partial charge in [0.15, 0.2) is 0 Å². The largest absolute Gasteiger partial charge is 0.497 e. The first-order valence-corrected chi connectivity index (χ1v) is 11.8. The van der Waals surface area contributed by atoms with Gasteiger partial charge in [-0.25, -0.2) is 0 Å². The van der Waals surface area contributed by atoms with Gasteiger partial charge in [0.05, 0.1) is 20.8 Å². The fraction of sp³-hybridized carbons (Fsp3) is 0.231. The van der Waals surface area contributed by atoms with Crippen LogP contribution in [-0.2, 0) is 17.9 Å². The molecule has 0 saturated heterocycles. The van der Waals surface area contributed by atoms with Gasteiger partial charge in [0, 0.05) is 29.2 Å². The zero-order chi connectivity index (χ0) is 23.9. The highest BCUT2D eigenvalue weighted by molar-refractivity contribution is 7.16. The highest BCUT2D eigenvalue weighted by Crippen LogP contribution is 2.38. The predicted octanol–water partition coefficient (Wildman–Crippen LogP) is 4.46. The van der Waals surface area contributed by atoms with Gasteiger partial charge in [0.1, 0.15) is 27.6 Å². The Labute approximate surface area is 201 Å². The number of methoxy groups -OCH3 is 2. The Hall–Kier alpha value is -3.78. The molecular weight excluding hydrogens is 450 g/mol. The van der Waals surface area contributed by atoms with Crippen molar-refractivity contribution in [1.29, 1.82) is 0 Å². The molecule has 1 atom stereocenters. The average Bonchev–Trinajstić information content (AvgIpc) is 3.45. The van der Waals surface area contributed by atoms with E-state index in [-0.39, 0.29) is 18.4 Å². The minimum atomic E-state index is -1.17. The zero-order valence-corrected chi connectivity index (χ0v) is 20.0. The molecule has 1 aliphatic rings. The number of fused-ring (bicyclic) bond motifs is 3. The quantitative estimate of drug-likeness (QED) is 0.447. The van der Waals surface area contributed by atoms with Crippen molar-refractivity contribution in [3.8, 4) is 11.5 Å². The third kappa shape index (κ3) is 3.51. The molecule has 8 heteroatoms. The number of thiophene rings is 1. The molecule has 0 spiro atoms. The molecule has 4 aromatic rings. The van der Waals surface area contributed by atoms with E-state index in [1.807, 2.05) is 71.5 Å². The topological polar surface area (TPSA) is 72.8 Å². The number of rotatable bonds is 6. The molecule has 174 valence electrons. The van der Waals surface area contributed by atoms with E-state index in [1.165, 1.54) is 0 Å². The third-order valence-corrected chi connectivity index (χ3v) is 7.27. The molecule has 2 amide bonds. The molecule has 1 N–H and O–H groups in total. The van der Waals surface area contributed by atoms with Crippen LogP contribution in [-0.4, -0.2) is 36.1 Å². The van der Waals surface area contributed by atoms with E-state index in [2.05, 4.69) is 5.32 Å². The van der Waals surface area contributed by atoms with Crippen molar-refractivity contribution in [2.45, 2.75) is 25.6 Å². The van der Waals surface area contributed by atoms with Crippen LogP contribution in [0.15, 0.2) is 66.0 Å². The van der Waals surface area contributed by atoms with E-state index in [9.17, 15) is 9.59 Å². The van der Waals surface area contributed by atoms with Gasteiger partial charge >= 0.3 is 0 Å². The lowest BCUT2D eigenvalue weighted by Gasteiger charge is -2.44. The van der Waals surface area contributed by atoms with E-state index in [0.717, 1.165) is 15.8 Å². The van der Waals surface area contributed by atoms with Crippen LogP contribution in [0.4, 0.5) is 5.69 Å². The maximum atomic E-state index is 13.8. The highest BCUT2D eigenvalue weighted by Gasteiger charge is 2.48. The summed E-state index contributed by atoms with van der Waals surface area (Å²) < 4.78 is 12.8. The number of anilines is 1. The van der Waals surface area contributed by atoms with E-state index < -0.39 is 5.54 Å². The summed E-state index contributed by atoms with van der Waals surface area (Å²) >= 11 is 1.57. The molecule has 5 rings (SSSR count). The number of para-hydroxylation sites is 1. The summed E-state index contributed by atoms with van der Waals surface area (Å²) in [5.41, 5.74) is 0.864. The first kappa shape index (κ1) is 22.0. The summed E-state index contributed by atoms with van der Waals surface area (Å²) in [5, 5.41) is 6.04. The molecule has 0 unspecified atom stereocenters. The summed E-state index contributed by atoms with van der Waals surface area (Å²) in [6.45, 7) is 2.42. The van der Waals surface area contributed by atoms with Crippen molar-refractivity contribution in [3.63, 3.8) is 0 Å². The van der Waals surface area contributed by atoms with Crippen LogP contribution in [0.1, 0.15) is 23.0 Å². The van der Waals surface area contributed by atoms with Gasteiger partial charge in [0.2, 0.25) is 5.91 Å². The zero-order valence-electron chi connectivity index (χ0n) is 19.2.